The molecule has 0 saturated heterocycles. The van der Waals surface area contributed by atoms with Gasteiger partial charge in [0.1, 0.15) is 5.82 Å². The average molecular weight is 306 g/mol. The van der Waals surface area contributed by atoms with Gasteiger partial charge in [-0.2, -0.15) is 0 Å². The van der Waals surface area contributed by atoms with Crippen LogP contribution in [0.25, 0.3) is 0 Å². The summed E-state index contributed by atoms with van der Waals surface area (Å²) in [7, 11) is 1.63. The lowest BCUT2D eigenvalue weighted by Gasteiger charge is -2.21. The molecule has 0 spiro atoms. The summed E-state index contributed by atoms with van der Waals surface area (Å²) >= 11 is 3.23. The van der Waals surface area contributed by atoms with Gasteiger partial charge in [-0.05, 0) is 27.6 Å². The highest BCUT2D eigenvalue weighted by molar-refractivity contribution is 9.10. The second-order valence-electron chi connectivity index (χ2n) is 3.71. The van der Waals surface area contributed by atoms with Crippen molar-refractivity contribution in [2.24, 2.45) is 0 Å². The van der Waals surface area contributed by atoms with Gasteiger partial charge < -0.3 is 9.84 Å². The van der Waals surface area contributed by atoms with E-state index in [0.29, 0.717) is 30.7 Å². The third-order valence-corrected chi connectivity index (χ3v) is 3.34. The number of nitrogens with zero attached hydrogens (tertiary/aromatic N) is 1. The first-order valence-corrected chi connectivity index (χ1v) is 6.23. The second kappa shape index (κ2) is 7.76. The Morgan fingerprint density at radius 3 is 2.82 bits per heavy atom. The van der Waals surface area contributed by atoms with Crippen LogP contribution in [0, 0.1) is 5.82 Å². The summed E-state index contributed by atoms with van der Waals surface area (Å²) in [6, 6.07) is 4.96. The van der Waals surface area contributed by atoms with E-state index in [1.54, 1.807) is 13.2 Å². The number of rotatable bonds is 7. The maximum atomic E-state index is 13.3. The van der Waals surface area contributed by atoms with E-state index in [2.05, 4.69) is 15.9 Å². The van der Waals surface area contributed by atoms with Crippen LogP contribution in [-0.2, 0) is 11.3 Å². The highest BCUT2D eigenvalue weighted by atomic mass is 79.9. The van der Waals surface area contributed by atoms with Crippen LogP contribution in [0.15, 0.2) is 22.7 Å². The highest BCUT2D eigenvalue weighted by Crippen LogP contribution is 2.21. The topological polar surface area (TPSA) is 32.7 Å². The third kappa shape index (κ3) is 4.71. The summed E-state index contributed by atoms with van der Waals surface area (Å²) in [6.45, 7) is 2.51. The second-order valence-corrected chi connectivity index (χ2v) is 4.50. The van der Waals surface area contributed by atoms with Crippen LogP contribution in [0.4, 0.5) is 4.39 Å². The highest BCUT2D eigenvalue weighted by Gasteiger charge is 2.10. The van der Waals surface area contributed by atoms with Gasteiger partial charge >= 0.3 is 0 Å². The minimum absolute atomic E-state index is 0.0800. The van der Waals surface area contributed by atoms with E-state index >= 15 is 0 Å². The molecule has 0 amide bonds. The summed E-state index contributed by atoms with van der Waals surface area (Å²) in [5.41, 5.74) is 0.870. The molecule has 1 N–H and O–H groups in total. The van der Waals surface area contributed by atoms with Crippen LogP contribution in [0.1, 0.15) is 5.56 Å². The predicted octanol–water partition coefficient (Wildman–Crippen LogP) is 2.03. The van der Waals surface area contributed by atoms with Crippen LogP contribution in [0.2, 0.25) is 0 Å². The van der Waals surface area contributed by atoms with Gasteiger partial charge in [-0.15, -0.1) is 0 Å². The van der Waals surface area contributed by atoms with E-state index in [1.807, 2.05) is 11.0 Å². The van der Waals surface area contributed by atoms with Gasteiger partial charge in [-0.25, -0.2) is 4.39 Å². The van der Waals surface area contributed by atoms with Crippen molar-refractivity contribution in [3.05, 3.63) is 34.1 Å². The quantitative estimate of drug-likeness (QED) is 0.837. The molecule has 0 fully saturated rings. The molecule has 1 aromatic rings. The Hall–Kier alpha value is -0.490. The molecular formula is C12H17BrFNO2. The van der Waals surface area contributed by atoms with E-state index in [4.69, 9.17) is 9.84 Å². The van der Waals surface area contributed by atoms with Gasteiger partial charge in [-0.3, -0.25) is 4.90 Å². The number of hydrogen-bond acceptors (Lipinski definition) is 3. The maximum absolute atomic E-state index is 13.3. The van der Waals surface area contributed by atoms with Crippen molar-refractivity contribution in [3.63, 3.8) is 0 Å². The number of aliphatic hydroxyl groups is 1. The Labute approximate surface area is 109 Å². The Kier molecular flexibility index (Phi) is 6.65. The number of hydrogen-bond donors (Lipinski definition) is 1. The van der Waals surface area contributed by atoms with E-state index in [0.717, 1.165) is 5.56 Å². The van der Waals surface area contributed by atoms with Crippen molar-refractivity contribution in [1.82, 2.24) is 4.90 Å². The Balaban J connectivity index is 2.67. The Morgan fingerprint density at radius 1 is 1.41 bits per heavy atom. The number of aliphatic hydroxyl groups excluding tert-OH is 1. The van der Waals surface area contributed by atoms with Crippen LogP contribution < -0.4 is 0 Å². The fraction of sp³-hybridized carbons (Fsp3) is 0.500. The minimum Gasteiger partial charge on any atom is -0.395 e. The van der Waals surface area contributed by atoms with Crippen LogP contribution in [0.3, 0.4) is 0 Å². The molecule has 17 heavy (non-hydrogen) atoms. The van der Waals surface area contributed by atoms with Crippen LogP contribution in [0.5, 0.6) is 0 Å². The SMILES string of the molecule is COCCN(CCO)Cc1cccc(F)c1Br. The molecule has 0 aliphatic rings. The first-order valence-electron chi connectivity index (χ1n) is 5.44. The average Bonchev–Trinajstić information content (AvgIpc) is 2.32. The molecule has 0 atom stereocenters. The first kappa shape index (κ1) is 14.6. The van der Waals surface area contributed by atoms with E-state index < -0.39 is 0 Å². The number of methoxy groups -OCH3 is 1. The first-order chi connectivity index (χ1) is 8.19. The smallest absolute Gasteiger partial charge is 0.137 e. The van der Waals surface area contributed by atoms with Gasteiger partial charge in [0.25, 0.3) is 0 Å². The summed E-state index contributed by atoms with van der Waals surface area (Å²) < 4.78 is 18.8. The molecule has 1 aromatic carbocycles. The summed E-state index contributed by atoms with van der Waals surface area (Å²) in [6.07, 6.45) is 0. The van der Waals surface area contributed by atoms with Crippen molar-refractivity contribution in [2.45, 2.75) is 6.54 Å². The minimum atomic E-state index is -0.266. The van der Waals surface area contributed by atoms with Gasteiger partial charge in [0.2, 0.25) is 0 Å². The van der Waals surface area contributed by atoms with Crippen molar-refractivity contribution in [2.75, 3.05) is 33.4 Å². The molecule has 0 aliphatic heterocycles. The van der Waals surface area contributed by atoms with Gasteiger partial charge in [0, 0.05) is 26.7 Å². The molecule has 0 aliphatic carbocycles. The third-order valence-electron chi connectivity index (χ3n) is 2.45. The lowest BCUT2D eigenvalue weighted by atomic mass is 10.2. The monoisotopic (exact) mass is 305 g/mol. The Bertz CT molecular complexity index is 349. The molecular weight excluding hydrogens is 289 g/mol. The molecule has 0 radical (unpaired) electrons. The molecule has 0 aromatic heterocycles. The Morgan fingerprint density at radius 2 is 2.18 bits per heavy atom. The number of halogens is 2. The predicted molar refractivity (Wildman–Crippen MR) is 68.3 cm³/mol. The van der Waals surface area contributed by atoms with E-state index in [1.165, 1.54) is 6.07 Å². The molecule has 0 heterocycles. The van der Waals surface area contributed by atoms with E-state index in [-0.39, 0.29) is 12.4 Å². The van der Waals surface area contributed by atoms with Crippen molar-refractivity contribution in [1.29, 1.82) is 0 Å². The lowest BCUT2D eigenvalue weighted by Crippen LogP contribution is -2.30. The number of ether oxygens (including phenoxy) is 1. The molecule has 0 saturated carbocycles. The molecule has 0 unspecified atom stereocenters. The van der Waals surface area contributed by atoms with Crippen LogP contribution in [-0.4, -0.2) is 43.4 Å². The normalized spacial score (nSPS) is 11.1. The van der Waals surface area contributed by atoms with Crippen molar-refractivity contribution in [3.8, 4) is 0 Å². The fourth-order valence-corrected chi connectivity index (χ4v) is 1.93. The standard InChI is InChI=1S/C12H17BrFNO2/c1-17-8-6-15(5-7-16)9-10-3-2-4-11(14)12(10)13/h2-4,16H,5-9H2,1H3. The summed E-state index contributed by atoms with van der Waals surface area (Å²) in [5.74, 6) is -0.266. The fourth-order valence-electron chi connectivity index (χ4n) is 1.54. The summed E-state index contributed by atoms with van der Waals surface area (Å²) in [4.78, 5) is 2.02. The van der Waals surface area contributed by atoms with Gasteiger partial charge in [0.05, 0.1) is 17.7 Å². The van der Waals surface area contributed by atoms with Gasteiger partial charge in [-0.1, -0.05) is 12.1 Å². The van der Waals surface area contributed by atoms with Crippen LogP contribution >= 0.6 is 15.9 Å². The zero-order valence-corrected chi connectivity index (χ0v) is 11.4. The maximum Gasteiger partial charge on any atom is 0.137 e. The zero-order valence-electron chi connectivity index (χ0n) is 9.83. The molecule has 1 rings (SSSR count). The molecule has 3 nitrogen and oxygen atoms in total. The number of benzene rings is 1. The molecule has 0 bridgehead atoms. The van der Waals surface area contributed by atoms with Crippen molar-refractivity contribution < 1.29 is 14.2 Å². The van der Waals surface area contributed by atoms with Gasteiger partial charge in [0.15, 0.2) is 0 Å². The van der Waals surface area contributed by atoms with Crippen molar-refractivity contribution >= 4 is 15.9 Å². The lowest BCUT2D eigenvalue weighted by molar-refractivity contribution is 0.126. The molecule has 96 valence electrons. The largest absolute Gasteiger partial charge is 0.395 e. The summed E-state index contributed by atoms with van der Waals surface area (Å²) in [5, 5.41) is 8.97. The molecule has 5 heteroatoms. The van der Waals surface area contributed by atoms with E-state index in [9.17, 15) is 4.39 Å². The zero-order chi connectivity index (χ0) is 12.7.